The van der Waals surface area contributed by atoms with Crippen LogP contribution in [-0.2, 0) is 15.5 Å². The minimum absolute atomic E-state index is 1.13. The number of hydrogen-bond donors (Lipinski definition) is 0. The Labute approximate surface area is 573 Å². The van der Waals surface area contributed by atoms with E-state index in [1.807, 2.05) is 0 Å². The van der Waals surface area contributed by atoms with Gasteiger partial charge >= 0.3 is 578 Å². The van der Waals surface area contributed by atoms with Gasteiger partial charge in [-0.3, -0.25) is 0 Å². The van der Waals surface area contributed by atoms with Crippen molar-refractivity contribution in [1.82, 2.24) is 0 Å². The molecule has 16 aromatic rings. The zero-order chi connectivity index (χ0) is 64.7. The Hall–Kier alpha value is -11.8. The fourth-order valence-corrected chi connectivity index (χ4v) is 22.9. The van der Waals surface area contributed by atoms with E-state index in [0.29, 0.717) is 0 Å². The van der Waals surface area contributed by atoms with Crippen molar-refractivity contribution in [3.63, 3.8) is 0 Å². The summed E-state index contributed by atoms with van der Waals surface area (Å²) < 4.78 is 5.07. The Bertz CT molecular complexity index is 4660. The average Bonchev–Trinajstić information content (AvgIpc) is 0.683. The fourth-order valence-electron chi connectivity index (χ4n) is 14.2. The Morgan fingerprint density at radius 1 is 0.103 bits per heavy atom. The molecule has 0 aromatic heterocycles. The van der Waals surface area contributed by atoms with E-state index < -0.39 is 15.5 Å². The van der Waals surface area contributed by atoms with Crippen LogP contribution in [0.4, 0.5) is 0 Å². The van der Waals surface area contributed by atoms with Crippen LogP contribution in [0, 0.1) is 0 Å². The van der Waals surface area contributed by atoms with Crippen molar-refractivity contribution < 1.29 is 15.5 Å². The van der Waals surface area contributed by atoms with Gasteiger partial charge in [0.15, 0.2) is 0 Å². The maximum atomic E-state index is 2.60. The molecule has 0 amide bonds. The summed E-state index contributed by atoms with van der Waals surface area (Å²) in [4.78, 5) is 0. The first-order valence-electron chi connectivity index (χ1n) is 33.2. The molecular weight excluding hydrogens is 1260 g/mol. The Morgan fingerprint density at radius 3 is 0.371 bits per heavy atom. The molecule has 1 heteroatoms. The first kappa shape index (κ1) is 60.1. The first-order chi connectivity index (χ1) is 48.2. The van der Waals surface area contributed by atoms with Gasteiger partial charge < -0.3 is 0 Å². The molecule has 0 bridgehead atoms. The van der Waals surface area contributed by atoms with Crippen LogP contribution in [0.1, 0.15) is 0 Å². The van der Waals surface area contributed by atoms with Crippen molar-refractivity contribution in [3.8, 4) is 134 Å². The zero-order valence-corrected chi connectivity index (χ0v) is 55.1. The van der Waals surface area contributed by atoms with E-state index in [-0.39, 0.29) is 0 Å². The van der Waals surface area contributed by atoms with Crippen LogP contribution >= 0.6 is 0 Å². The zero-order valence-electron chi connectivity index (χ0n) is 53.6. The van der Waals surface area contributed by atoms with Gasteiger partial charge in [-0.25, -0.2) is 0 Å². The summed E-state index contributed by atoms with van der Waals surface area (Å²) in [5, 5.41) is 0. The molecule has 97 heavy (non-hydrogen) atoms. The Morgan fingerprint density at radius 2 is 0.227 bits per heavy atom. The van der Waals surface area contributed by atoms with E-state index in [2.05, 4.69) is 413 Å². The SMILES string of the molecule is c1ccc(-c2cc[c]([Pd]([c]3ccc(-c4ccccc4)c(-c4ccccc4)c3-c3ccccc3)([c]3ccc(-c4ccccc4)c(-c4ccccc4)c3-c3ccccc3)[c]3ccc(-c4ccccc4)c(-c4ccccc4)c3-c3ccccc3)c(-c3ccccc3)c2-c2ccccc2)cc1. The summed E-state index contributed by atoms with van der Waals surface area (Å²) in [5.74, 6) is 0. The molecule has 0 aliphatic rings. The molecule has 16 rings (SSSR count). The molecule has 0 nitrogen and oxygen atoms in total. The van der Waals surface area contributed by atoms with Gasteiger partial charge in [0.05, 0.1) is 0 Å². The van der Waals surface area contributed by atoms with Crippen molar-refractivity contribution in [3.05, 3.63) is 413 Å². The summed E-state index contributed by atoms with van der Waals surface area (Å²) in [6.45, 7) is 0. The molecule has 0 atom stereocenters. The molecule has 462 valence electrons. The molecule has 0 N–H and O–H groups in total. The van der Waals surface area contributed by atoms with E-state index in [9.17, 15) is 0 Å². The third kappa shape index (κ3) is 11.3. The number of hydrogen-bond acceptors (Lipinski definition) is 0. The summed E-state index contributed by atoms with van der Waals surface area (Å²) in [5.41, 5.74) is 27.8. The van der Waals surface area contributed by atoms with Gasteiger partial charge in [0.2, 0.25) is 0 Å². The normalized spacial score (nSPS) is 11.5. The van der Waals surface area contributed by atoms with E-state index in [0.717, 1.165) is 89.0 Å². The topological polar surface area (TPSA) is 0 Å². The monoisotopic (exact) mass is 1330 g/mol. The van der Waals surface area contributed by atoms with Gasteiger partial charge in [0.1, 0.15) is 0 Å². The molecule has 0 aliphatic heterocycles. The summed E-state index contributed by atoms with van der Waals surface area (Å²) >= 11 is -4.61. The van der Waals surface area contributed by atoms with Crippen LogP contribution in [0.5, 0.6) is 0 Å². The van der Waals surface area contributed by atoms with Gasteiger partial charge in [-0.2, -0.15) is 0 Å². The predicted molar refractivity (Wildman–Crippen MR) is 410 cm³/mol. The quantitative estimate of drug-likeness (QED) is 0.0846. The van der Waals surface area contributed by atoms with Crippen LogP contribution in [0.2, 0.25) is 0 Å². The second kappa shape index (κ2) is 27.3. The number of benzene rings is 16. The second-order valence-electron chi connectivity index (χ2n) is 24.1. The molecular formula is C96H68Pd. The fraction of sp³-hybridized carbons (Fsp3) is 0. The molecule has 0 fully saturated rings. The van der Waals surface area contributed by atoms with Gasteiger partial charge in [-0.15, -0.1) is 0 Å². The van der Waals surface area contributed by atoms with E-state index in [1.54, 1.807) is 0 Å². The summed E-state index contributed by atoms with van der Waals surface area (Å²) in [6.07, 6.45) is 0. The Balaban J connectivity index is 1.27. The summed E-state index contributed by atoms with van der Waals surface area (Å²) in [7, 11) is 0. The van der Waals surface area contributed by atoms with E-state index in [1.165, 1.54) is 60.7 Å². The molecule has 0 aliphatic carbocycles. The van der Waals surface area contributed by atoms with Gasteiger partial charge in [0.25, 0.3) is 0 Å². The van der Waals surface area contributed by atoms with Crippen molar-refractivity contribution in [2.24, 2.45) is 0 Å². The molecule has 0 unspecified atom stereocenters. The van der Waals surface area contributed by atoms with Crippen molar-refractivity contribution in [2.45, 2.75) is 0 Å². The summed E-state index contributed by atoms with van der Waals surface area (Å²) in [6, 6.07) is 155. The standard InChI is InChI=1S/4C24H17.Pd/c4*1-4-11-19(12-5-1)22-17-10-18-23(20-13-6-2-7-14-20)24(22)21-15-8-3-9-16-21;/h4*1-17H;. The molecule has 0 spiro atoms. The maximum absolute atomic E-state index is 4.61. The number of rotatable bonds is 16. The molecule has 0 radical (unpaired) electrons. The third-order valence-corrected chi connectivity index (χ3v) is 26.0. The van der Waals surface area contributed by atoms with Crippen LogP contribution < -0.4 is 16.1 Å². The molecule has 0 heterocycles. The van der Waals surface area contributed by atoms with Gasteiger partial charge in [-0.05, 0) is 0 Å². The molecule has 16 aromatic carbocycles. The minimum atomic E-state index is -4.61. The second-order valence-corrected chi connectivity index (χ2v) is 29.8. The van der Waals surface area contributed by atoms with Crippen LogP contribution in [-0.4, -0.2) is 0 Å². The van der Waals surface area contributed by atoms with Gasteiger partial charge in [-0.1, -0.05) is 0 Å². The Kier molecular flexibility index (Phi) is 16.9. The van der Waals surface area contributed by atoms with Crippen molar-refractivity contribution in [2.75, 3.05) is 0 Å². The predicted octanol–water partition coefficient (Wildman–Crippen LogP) is 23.4. The van der Waals surface area contributed by atoms with E-state index >= 15 is 0 Å². The van der Waals surface area contributed by atoms with Gasteiger partial charge in [0, 0.05) is 0 Å². The van der Waals surface area contributed by atoms with Crippen LogP contribution in [0.25, 0.3) is 134 Å². The third-order valence-electron chi connectivity index (χ3n) is 18.4. The first-order valence-corrected chi connectivity index (χ1v) is 36.3. The molecule has 0 saturated carbocycles. The average molecular weight is 1330 g/mol. The molecule has 0 saturated heterocycles. The van der Waals surface area contributed by atoms with Crippen molar-refractivity contribution >= 4 is 16.1 Å². The van der Waals surface area contributed by atoms with Crippen LogP contribution in [0.3, 0.4) is 0 Å². The van der Waals surface area contributed by atoms with E-state index in [4.69, 9.17) is 0 Å². The van der Waals surface area contributed by atoms with Crippen LogP contribution in [0.15, 0.2) is 413 Å². The van der Waals surface area contributed by atoms with Crippen molar-refractivity contribution in [1.29, 1.82) is 0 Å².